The molecule has 1 spiro atoms. The molecule has 0 bridgehead atoms. The molecule has 2 N–H and O–H groups in total. The van der Waals surface area contributed by atoms with Crippen molar-refractivity contribution in [3.05, 3.63) is 35.9 Å². The Morgan fingerprint density at radius 3 is 2.38 bits per heavy atom. The van der Waals surface area contributed by atoms with Crippen molar-refractivity contribution >= 4 is 17.8 Å². The largest absolute Gasteiger partial charge is 0.342 e. The number of urea groups is 1. The smallest absolute Gasteiger partial charge is 0.315 e. The van der Waals surface area contributed by atoms with Crippen LogP contribution in [0.4, 0.5) is 4.79 Å². The van der Waals surface area contributed by atoms with E-state index in [0.29, 0.717) is 6.42 Å². The van der Waals surface area contributed by atoms with E-state index in [0.717, 1.165) is 76.7 Å². The first-order chi connectivity index (χ1) is 16.4. The quantitative estimate of drug-likeness (QED) is 0.502. The van der Waals surface area contributed by atoms with Crippen molar-refractivity contribution in [3.8, 4) is 11.8 Å². The molecule has 1 aromatic rings. The van der Waals surface area contributed by atoms with Gasteiger partial charge in [-0.25, -0.2) is 4.79 Å². The lowest BCUT2D eigenvalue weighted by atomic mass is 9.78. The topological polar surface area (TPSA) is 81.8 Å². The molecule has 4 amide bonds. The van der Waals surface area contributed by atoms with E-state index in [-0.39, 0.29) is 35.3 Å². The molecule has 3 aliphatic heterocycles. The standard InChI is InChI=1S/C27H36N4O3/c1-21-23(29-26(34)28-21)10-6-3-7-11-24(32)31-19-16-27(20-31)14-17-30(18-15-27)25(33)13-12-22-8-4-2-5-9-22/h2,4-5,8-9,21,23H,3,6-7,10-11,14-20H2,1H3,(H2,28,29,34). The van der Waals surface area contributed by atoms with Crippen molar-refractivity contribution in [2.24, 2.45) is 5.41 Å². The van der Waals surface area contributed by atoms with Crippen LogP contribution in [0.2, 0.25) is 0 Å². The average molecular weight is 465 g/mol. The van der Waals surface area contributed by atoms with E-state index in [1.807, 2.05) is 47.1 Å². The SMILES string of the molecule is CC1NC(=O)NC1CCCCCC(=O)N1CCC2(CCN(C(=O)C#Cc3ccccc3)CC2)C1. The van der Waals surface area contributed by atoms with E-state index >= 15 is 0 Å². The van der Waals surface area contributed by atoms with E-state index in [1.165, 1.54) is 0 Å². The molecule has 1 aromatic carbocycles. The van der Waals surface area contributed by atoms with Crippen molar-refractivity contribution in [1.29, 1.82) is 0 Å². The van der Waals surface area contributed by atoms with Gasteiger partial charge >= 0.3 is 6.03 Å². The molecule has 3 fully saturated rings. The summed E-state index contributed by atoms with van der Waals surface area (Å²) >= 11 is 0. The molecule has 0 saturated carbocycles. The summed E-state index contributed by atoms with van der Waals surface area (Å²) in [5.74, 6) is 5.89. The molecule has 7 nitrogen and oxygen atoms in total. The number of hydrogen-bond donors (Lipinski definition) is 2. The summed E-state index contributed by atoms with van der Waals surface area (Å²) < 4.78 is 0. The minimum atomic E-state index is -0.105. The van der Waals surface area contributed by atoms with Crippen LogP contribution in [-0.4, -0.2) is 65.9 Å². The third kappa shape index (κ3) is 6.11. The van der Waals surface area contributed by atoms with Crippen LogP contribution in [0.15, 0.2) is 30.3 Å². The third-order valence-corrected chi connectivity index (χ3v) is 7.67. The maximum atomic E-state index is 12.8. The molecule has 182 valence electrons. The lowest BCUT2D eigenvalue weighted by Gasteiger charge is -2.38. The Morgan fingerprint density at radius 2 is 1.71 bits per heavy atom. The lowest BCUT2D eigenvalue weighted by Crippen LogP contribution is -2.44. The summed E-state index contributed by atoms with van der Waals surface area (Å²) in [5.41, 5.74) is 1.01. The number of amides is 4. The highest BCUT2D eigenvalue weighted by molar-refractivity contribution is 5.94. The number of carbonyl (C=O) groups is 3. The van der Waals surface area contributed by atoms with Crippen LogP contribution in [0.3, 0.4) is 0 Å². The van der Waals surface area contributed by atoms with E-state index < -0.39 is 0 Å². The van der Waals surface area contributed by atoms with Crippen LogP contribution >= 0.6 is 0 Å². The first-order valence-electron chi connectivity index (χ1n) is 12.6. The van der Waals surface area contributed by atoms with E-state index in [9.17, 15) is 14.4 Å². The molecule has 2 unspecified atom stereocenters. The zero-order valence-electron chi connectivity index (χ0n) is 20.1. The number of nitrogens with zero attached hydrogens (tertiary/aromatic N) is 2. The van der Waals surface area contributed by atoms with Gasteiger partial charge in [-0.05, 0) is 56.6 Å². The number of carbonyl (C=O) groups excluding carboxylic acids is 3. The normalized spacial score (nSPS) is 23.3. The zero-order valence-corrected chi connectivity index (χ0v) is 20.1. The van der Waals surface area contributed by atoms with Crippen molar-refractivity contribution in [1.82, 2.24) is 20.4 Å². The maximum absolute atomic E-state index is 12.8. The van der Waals surface area contributed by atoms with Gasteiger partial charge in [0.25, 0.3) is 5.91 Å². The number of nitrogens with one attached hydrogen (secondary N) is 2. The Bertz CT molecular complexity index is 944. The fraction of sp³-hybridized carbons (Fsp3) is 0.593. The number of likely N-dealkylation sites (tertiary alicyclic amines) is 2. The number of hydrogen-bond acceptors (Lipinski definition) is 3. The fourth-order valence-electron chi connectivity index (χ4n) is 5.41. The van der Waals surface area contributed by atoms with Gasteiger partial charge < -0.3 is 20.4 Å². The molecule has 0 aromatic heterocycles. The fourth-order valence-corrected chi connectivity index (χ4v) is 5.41. The number of rotatable bonds is 6. The number of benzene rings is 1. The molecule has 0 aliphatic carbocycles. The van der Waals surface area contributed by atoms with Gasteiger partial charge in [-0.2, -0.15) is 0 Å². The Hall–Kier alpha value is -3.01. The predicted molar refractivity (Wildman–Crippen MR) is 131 cm³/mol. The number of piperidine rings is 1. The predicted octanol–water partition coefficient (Wildman–Crippen LogP) is 2.90. The van der Waals surface area contributed by atoms with Gasteiger partial charge in [0.2, 0.25) is 5.91 Å². The van der Waals surface area contributed by atoms with Crippen LogP contribution in [-0.2, 0) is 9.59 Å². The van der Waals surface area contributed by atoms with Gasteiger partial charge in [-0.1, -0.05) is 37.0 Å². The highest BCUT2D eigenvalue weighted by Crippen LogP contribution is 2.40. The van der Waals surface area contributed by atoms with Crippen LogP contribution in [0.25, 0.3) is 0 Å². The second kappa shape index (κ2) is 10.9. The van der Waals surface area contributed by atoms with E-state index in [1.54, 1.807) is 0 Å². The second-order valence-electron chi connectivity index (χ2n) is 10.1. The van der Waals surface area contributed by atoms with Gasteiger partial charge in [0.05, 0.1) is 6.04 Å². The number of unbranched alkanes of at least 4 members (excludes halogenated alkanes) is 2. The summed E-state index contributed by atoms with van der Waals surface area (Å²) in [4.78, 5) is 40.5. The Labute approximate surface area is 202 Å². The molecule has 4 rings (SSSR count). The lowest BCUT2D eigenvalue weighted by molar-refractivity contribution is -0.132. The van der Waals surface area contributed by atoms with Crippen molar-refractivity contribution in [2.45, 2.75) is 70.4 Å². The molecule has 3 heterocycles. The van der Waals surface area contributed by atoms with Gasteiger partial charge in [0.1, 0.15) is 0 Å². The van der Waals surface area contributed by atoms with Crippen LogP contribution in [0.1, 0.15) is 63.9 Å². The van der Waals surface area contributed by atoms with Gasteiger partial charge in [-0.3, -0.25) is 9.59 Å². The highest BCUT2D eigenvalue weighted by Gasteiger charge is 2.42. The summed E-state index contributed by atoms with van der Waals surface area (Å²) in [6.45, 7) is 5.11. The van der Waals surface area contributed by atoms with Crippen LogP contribution in [0.5, 0.6) is 0 Å². The molecular weight excluding hydrogens is 428 g/mol. The van der Waals surface area contributed by atoms with Crippen LogP contribution in [0, 0.1) is 17.3 Å². The Morgan fingerprint density at radius 1 is 1.00 bits per heavy atom. The summed E-state index contributed by atoms with van der Waals surface area (Å²) in [7, 11) is 0. The first kappa shape index (κ1) is 24.1. The van der Waals surface area contributed by atoms with Crippen LogP contribution < -0.4 is 10.6 Å². The minimum absolute atomic E-state index is 0.0778. The monoisotopic (exact) mass is 464 g/mol. The molecule has 3 aliphatic rings. The van der Waals surface area contributed by atoms with Gasteiger partial charge in [-0.15, -0.1) is 0 Å². The summed E-state index contributed by atoms with van der Waals surface area (Å²) in [5, 5.41) is 5.82. The molecular formula is C27H36N4O3. The first-order valence-corrected chi connectivity index (χ1v) is 12.6. The van der Waals surface area contributed by atoms with E-state index in [4.69, 9.17) is 0 Å². The minimum Gasteiger partial charge on any atom is -0.342 e. The van der Waals surface area contributed by atoms with E-state index in [2.05, 4.69) is 22.5 Å². The maximum Gasteiger partial charge on any atom is 0.315 e. The zero-order chi connectivity index (χ0) is 24.0. The highest BCUT2D eigenvalue weighted by atomic mass is 16.2. The van der Waals surface area contributed by atoms with Crippen molar-refractivity contribution < 1.29 is 14.4 Å². The Kier molecular flexibility index (Phi) is 7.77. The molecule has 2 atom stereocenters. The second-order valence-corrected chi connectivity index (χ2v) is 10.1. The summed E-state index contributed by atoms with van der Waals surface area (Å²) in [6.07, 6.45) is 7.38. The van der Waals surface area contributed by atoms with Crippen molar-refractivity contribution in [2.75, 3.05) is 26.2 Å². The summed E-state index contributed by atoms with van der Waals surface area (Å²) in [6, 6.07) is 9.88. The molecule has 34 heavy (non-hydrogen) atoms. The Balaban J connectivity index is 1.14. The van der Waals surface area contributed by atoms with Gasteiger partial charge in [0, 0.05) is 50.1 Å². The average Bonchev–Trinajstić information content (AvgIpc) is 3.40. The van der Waals surface area contributed by atoms with Crippen molar-refractivity contribution in [3.63, 3.8) is 0 Å². The van der Waals surface area contributed by atoms with Gasteiger partial charge in [0.15, 0.2) is 0 Å². The molecule has 7 heteroatoms. The molecule has 0 radical (unpaired) electrons. The molecule has 3 saturated heterocycles. The third-order valence-electron chi connectivity index (χ3n) is 7.67.